The summed E-state index contributed by atoms with van der Waals surface area (Å²) in [5, 5.41) is 3.26. The van der Waals surface area contributed by atoms with Crippen LogP contribution in [0, 0.1) is 12.8 Å². The highest BCUT2D eigenvalue weighted by Gasteiger charge is 2.51. The fraction of sp³-hybridized carbons (Fsp3) is 0.615. The molecular weight excluding hydrogens is 436 g/mol. The van der Waals surface area contributed by atoms with E-state index in [1.54, 1.807) is 11.8 Å². The van der Waals surface area contributed by atoms with E-state index in [1.165, 1.54) is 14.0 Å². The summed E-state index contributed by atoms with van der Waals surface area (Å²) < 4.78 is 10.2. The maximum atomic E-state index is 14.0. The average molecular weight is 473 g/mol. The van der Waals surface area contributed by atoms with Crippen molar-refractivity contribution in [2.24, 2.45) is 5.92 Å². The molecule has 0 bridgehead atoms. The minimum absolute atomic E-state index is 0.0573. The van der Waals surface area contributed by atoms with Gasteiger partial charge in [-0.2, -0.15) is 0 Å². The molecule has 34 heavy (non-hydrogen) atoms. The minimum Gasteiger partial charge on any atom is -0.469 e. The van der Waals surface area contributed by atoms with E-state index >= 15 is 0 Å². The van der Waals surface area contributed by atoms with Gasteiger partial charge < -0.3 is 19.7 Å². The Bertz CT molecular complexity index is 908. The topological polar surface area (TPSA) is 102 Å². The molecule has 4 atom stereocenters. The molecule has 0 aliphatic carbocycles. The Morgan fingerprint density at radius 1 is 1.18 bits per heavy atom. The van der Waals surface area contributed by atoms with Crippen LogP contribution in [0.1, 0.15) is 57.1 Å². The van der Waals surface area contributed by atoms with E-state index in [4.69, 9.17) is 9.47 Å². The number of methoxy groups -OCH3 is 1. The zero-order chi connectivity index (χ0) is 24.9. The molecule has 2 fully saturated rings. The SMILES string of the molecule is COC(=O)[C@@H](CC(=O)C1(Cc2ccc(C)cc2)CCCN1C(=O)[C@@H]1CCCN1)[C@@H](C)OC(C)=O. The van der Waals surface area contributed by atoms with Crippen LogP contribution < -0.4 is 5.32 Å². The first-order valence-electron chi connectivity index (χ1n) is 12.1. The number of rotatable bonds is 9. The summed E-state index contributed by atoms with van der Waals surface area (Å²) in [6, 6.07) is 7.66. The molecule has 1 amide bonds. The number of esters is 2. The number of hydrogen-bond acceptors (Lipinski definition) is 7. The van der Waals surface area contributed by atoms with Gasteiger partial charge in [-0.05, 0) is 51.6 Å². The van der Waals surface area contributed by atoms with Gasteiger partial charge in [0.25, 0.3) is 0 Å². The number of carbonyl (C=O) groups is 4. The monoisotopic (exact) mass is 472 g/mol. The summed E-state index contributed by atoms with van der Waals surface area (Å²) in [6.45, 7) is 6.13. The highest BCUT2D eigenvalue weighted by atomic mass is 16.6. The predicted octanol–water partition coefficient (Wildman–Crippen LogP) is 2.35. The number of ether oxygens (including phenoxy) is 2. The first-order chi connectivity index (χ1) is 16.2. The van der Waals surface area contributed by atoms with Crippen LogP contribution in [0.25, 0.3) is 0 Å². The molecule has 0 saturated carbocycles. The van der Waals surface area contributed by atoms with Crippen LogP contribution in [0.2, 0.25) is 0 Å². The Labute approximate surface area is 201 Å². The van der Waals surface area contributed by atoms with Gasteiger partial charge in [0.1, 0.15) is 17.6 Å². The van der Waals surface area contributed by atoms with Crippen molar-refractivity contribution in [3.05, 3.63) is 35.4 Å². The third-order valence-corrected chi connectivity index (χ3v) is 7.08. The lowest BCUT2D eigenvalue weighted by atomic mass is 9.79. The number of likely N-dealkylation sites (tertiary alicyclic amines) is 1. The van der Waals surface area contributed by atoms with E-state index in [2.05, 4.69) is 5.32 Å². The quantitative estimate of drug-likeness (QED) is 0.551. The summed E-state index contributed by atoms with van der Waals surface area (Å²) in [6.07, 6.45) is 2.28. The summed E-state index contributed by atoms with van der Waals surface area (Å²) in [7, 11) is 1.25. The third-order valence-electron chi connectivity index (χ3n) is 7.08. The number of ketones is 1. The summed E-state index contributed by atoms with van der Waals surface area (Å²) in [5.41, 5.74) is 1.01. The van der Waals surface area contributed by atoms with Crippen LogP contribution in [-0.4, -0.2) is 66.4 Å². The lowest BCUT2D eigenvalue weighted by Crippen LogP contribution is -2.58. The van der Waals surface area contributed by atoms with Crippen LogP contribution >= 0.6 is 0 Å². The van der Waals surface area contributed by atoms with Crippen molar-refractivity contribution < 1.29 is 28.7 Å². The standard InChI is InChI=1S/C26H36N2O6/c1-17-8-10-20(11-9-17)16-26(12-6-14-28(26)24(31)22-7-5-13-27-22)23(30)15-21(25(32)33-4)18(2)34-19(3)29/h8-11,18,21-22,27H,5-7,12-16H2,1-4H3/t18-,21+,22+,26?/m1/s1. The second-order valence-corrected chi connectivity index (χ2v) is 9.51. The third kappa shape index (κ3) is 5.66. The van der Waals surface area contributed by atoms with Gasteiger partial charge in [-0.1, -0.05) is 29.8 Å². The van der Waals surface area contributed by atoms with Crippen LogP contribution in [0.3, 0.4) is 0 Å². The molecule has 2 heterocycles. The Hall–Kier alpha value is -2.74. The molecule has 1 N–H and O–H groups in total. The number of nitrogens with zero attached hydrogens (tertiary/aromatic N) is 1. The van der Waals surface area contributed by atoms with Gasteiger partial charge in [-0.25, -0.2) is 0 Å². The zero-order valence-electron chi connectivity index (χ0n) is 20.6. The molecule has 2 aliphatic rings. The van der Waals surface area contributed by atoms with Crippen LogP contribution in [0.5, 0.6) is 0 Å². The fourth-order valence-corrected chi connectivity index (χ4v) is 5.23. The van der Waals surface area contributed by atoms with Crippen molar-refractivity contribution in [3.8, 4) is 0 Å². The van der Waals surface area contributed by atoms with Gasteiger partial charge in [0.2, 0.25) is 5.91 Å². The highest BCUT2D eigenvalue weighted by molar-refractivity contribution is 5.97. The van der Waals surface area contributed by atoms with Crippen LogP contribution in [-0.2, 0) is 35.1 Å². The highest BCUT2D eigenvalue weighted by Crippen LogP contribution is 2.37. The van der Waals surface area contributed by atoms with Crippen LogP contribution in [0.15, 0.2) is 24.3 Å². The smallest absolute Gasteiger partial charge is 0.312 e. The Kier molecular flexibility index (Phi) is 8.47. The number of Topliss-reactive ketones (excluding diaryl/α,β-unsaturated/α-hetero) is 1. The van der Waals surface area contributed by atoms with E-state index in [9.17, 15) is 19.2 Å². The molecule has 8 nitrogen and oxygen atoms in total. The molecule has 8 heteroatoms. The van der Waals surface area contributed by atoms with Gasteiger partial charge >= 0.3 is 11.9 Å². The maximum absolute atomic E-state index is 14.0. The van der Waals surface area contributed by atoms with Gasteiger partial charge in [-0.3, -0.25) is 19.2 Å². The first kappa shape index (κ1) is 25.9. The number of aryl methyl sites for hydroxylation is 1. The van der Waals surface area contributed by atoms with Crippen molar-refractivity contribution >= 4 is 23.6 Å². The summed E-state index contributed by atoms with van der Waals surface area (Å²) in [5.74, 6) is -2.35. The van der Waals surface area contributed by atoms with Gasteiger partial charge in [0, 0.05) is 26.3 Å². The van der Waals surface area contributed by atoms with Gasteiger partial charge in [0.05, 0.1) is 13.2 Å². The molecule has 0 radical (unpaired) electrons. The molecule has 0 spiro atoms. The molecule has 1 aromatic rings. The molecule has 0 aromatic heterocycles. The summed E-state index contributed by atoms with van der Waals surface area (Å²) in [4.78, 5) is 53.3. The van der Waals surface area contributed by atoms with E-state index < -0.39 is 29.5 Å². The lowest BCUT2D eigenvalue weighted by Gasteiger charge is -2.40. The second-order valence-electron chi connectivity index (χ2n) is 9.51. The normalized spacial score (nSPS) is 23.9. The molecule has 2 saturated heterocycles. The fourth-order valence-electron chi connectivity index (χ4n) is 5.23. The van der Waals surface area contributed by atoms with E-state index in [0.717, 1.165) is 30.5 Å². The van der Waals surface area contributed by atoms with E-state index in [-0.39, 0.29) is 24.2 Å². The number of benzene rings is 1. The van der Waals surface area contributed by atoms with Crippen molar-refractivity contribution in [2.45, 2.75) is 77.0 Å². The molecule has 2 aliphatic heterocycles. The largest absolute Gasteiger partial charge is 0.469 e. The van der Waals surface area contributed by atoms with Crippen LogP contribution in [0.4, 0.5) is 0 Å². The number of amides is 1. The second kappa shape index (κ2) is 11.1. The Morgan fingerprint density at radius 3 is 2.47 bits per heavy atom. The predicted molar refractivity (Wildman–Crippen MR) is 126 cm³/mol. The van der Waals surface area contributed by atoms with Crippen molar-refractivity contribution in [3.63, 3.8) is 0 Å². The molecule has 1 aromatic carbocycles. The van der Waals surface area contributed by atoms with E-state index in [0.29, 0.717) is 25.8 Å². The van der Waals surface area contributed by atoms with Gasteiger partial charge in [-0.15, -0.1) is 0 Å². The van der Waals surface area contributed by atoms with Crippen molar-refractivity contribution in [1.82, 2.24) is 10.2 Å². The summed E-state index contributed by atoms with van der Waals surface area (Å²) >= 11 is 0. The number of carbonyl (C=O) groups excluding carboxylic acids is 4. The molecule has 186 valence electrons. The van der Waals surface area contributed by atoms with Gasteiger partial charge in [0.15, 0.2) is 5.78 Å². The number of nitrogens with one attached hydrogen (secondary N) is 1. The van der Waals surface area contributed by atoms with E-state index in [1.807, 2.05) is 31.2 Å². The molecular formula is C26H36N2O6. The number of hydrogen-bond donors (Lipinski definition) is 1. The Morgan fingerprint density at radius 2 is 1.88 bits per heavy atom. The zero-order valence-corrected chi connectivity index (χ0v) is 20.6. The molecule has 3 rings (SSSR count). The lowest BCUT2D eigenvalue weighted by molar-refractivity contribution is -0.160. The Balaban J connectivity index is 1.95. The average Bonchev–Trinajstić information content (AvgIpc) is 3.48. The minimum atomic E-state index is -1.06. The maximum Gasteiger partial charge on any atom is 0.312 e. The van der Waals surface area contributed by atoms with Crippen molar-refractivity contribution in [1.29, 1.82) is 0 Å². The first-order valence-corrected chi connectivity index (χ1v) is 12.1. The molecule has 1 unspecified atom stereocenters. The van der Waals surface area contributed by atoms with Crippen molar-refractivity contribution in [2.75, 3.05) is 20.2 Å².